The van der Waals surface area contributed by atoms with E-state index in [1.165, 1.54) is 6.07 Å². The Morgan fingerprint density at radius 2 is 2.25 bits per heavy atom. The highest BCUT2D eigenvalue weighted by Crippen LogP contribution is 2.10. The highest BCUT2D eigenvalue weighted by Gasteiger charge is 2.01. The van der Waals surface area contributed by atoms with Gasteiger partial charge in [-0.05, 0) is 30.2 Å². The third kappa shape index (κ3) is 2.53. The van der Waals surface area contributed by atoms with E-state index >= 15 is 0 Å². The second-order valence-electron chi connectivity index (χ2n) is 3.56. The van der Waals surface area contributed by atoms with Crippen LogP contribution in [0, 0.1) is 12.7 Å². The van der Waals surface area contributed by atoms with Gasteiger partial charge in [0.05, 0.1) is 0 Å². The summed E-state index contributed by atoms with van der Waals surface area (Å²) in [4.78, 5) is 7.97. The molecule has 0 aliphatic carbocycles. The van der Waals surface area contributed by atoms with Gasteiger partial charge >= 0.3 is 0 Å². The van der Waals surface area contributed by atoms with E-state index in [9.17, 15) is 4.39 Å². The lowest BCUT2D eigenvalue weighted by atomic mass is 10.2. The molecule has 2 aromatic rings. The summed E-state index contributed by atoms with van der Waals surface area (Å²) in [5, 5.41) is 2.93. The average molecular weight is 217 g/mol. The molecule has 2 rings (SSSR count). The van der Waals surface area contributed by atoms with Gasteiger partial charge in [0.1, 0.15) is 0 Å². The van der Waals surface area contributed by atoms with Crippen LogP contribution in [-0.2, 0) is 6.54 Å². The van der Waals surface area contributed by atoms with Crippen molar-refractivity contribution in [3.63, 3.8) is 0 Å². The highest BCUT2D eigenvalue weighted by molar-refractivity contribution is 5.36. The molecule has 2 heterocycles. The fourth-order valence-electron chi connectivity index (χ4n) is 1.42. The highest BCUT2D eigenvalue weighted by atomic mass is 19.1. The molecule has 3 nitrogen and oxygen atoms in total. The standard InChI is InChI=1S/C12H12FN3/c1-9-5-10(7-14-6-9)8-16-12-11(13)3-2-4-15-12/h2-7H,8H2,1H3,(H,15,16). The molecule has 0 aliphatic heterocycles. The minimum atomic E-state index is -0.344. The molecule has 0 radical (unpaired) electrons. The first-order valence-electron chi connectivity index (χ1n) is 5.00. The fourth-order valence-corrected chi connectivity index (χ4v) is 1.42. The fraction of sp³-hybridized carbons (Fsp3) is 0.167. The Hall–Kier alpha value is -1.97. The second kappa shape index (κ2) is 4.70. The van der Waals surface area contributed by atoms with Gasteiger partial charge in [-0.1, -0.05) is 6.07 Å². The normalized spacial score (nSPS) is 10.1. The number of pyridine rings is 2. The Morgan fingerprint density at radius 3 is 3.00 bits per heavy atom. The van der Waals surface area contributed by atoms with Crippen LogP contribution in [0.2, 0.25) is 0 Å². The molecule has 1 N–H and O–H groups in total. The van der Waals surface area contributed by atoms with Crippen LogP contribution >= 0.6 is 0 Å². The summed E-state index contributed by atoms with van der Waals surface area (Å²) in [6.45, 7) is 2.49. The Labute approximate surface area is 93.4 Å². The van der Waals surface area contributed by atoms with Crippen molar-refractivity contribution in [1.82, 2.24) is 9.97 Å². The monoisotopic (exact) mass is 217 g/mol. The van der Waals surface area contributed by atoms with Gasteiger partial charge in [0.15, 0.2) is 11.6 Å². The van der Waals surface area contributed by atoms with Crippen LogP contribution in [0.15, 0.2) is 36.8 Å². The maximum absolute atomic E-state index is 13.2. The Balaban J connectivity index is 2.05. The molecule has 0 saturated heterocycles. The first kappa shape index (κ1) is 10.5. The summed E-state index contributed by atoms with van der Waals surface area (Å²) in [7, 11) is 0. The molecule has 0 unspecified atom stereocenters. The van der Waals surface area contributed by atoms with Crippen LogP contribution in [0.3, 0.4) is 0 Å². The van der Waals surface area contributed by atoms with Gasteiger partial charge in [-0.2, -0.15) is 0 Å². The van der Waals surface area contributed by atoms with Crippen molar-refractivity contribution < 1.29 is 4.39 Å². The van der Waals surface area contributed by atoms with Gasteiger partial charge in [-0.15, -0.1) is 0 Å². The predicted molar refractivity (Wildman–Crippen MR) is 60.5 cm³/mol. The predicted octanol–water partition coefficient (Wildman–Crippen LogP) is 2.54. The largest absolute Gasteiger partial charge is 0.364 e. The lowest BCUT2D eigenvalue weighted by Gasteiger charge is -2.06. The number of nitrogens with one attached hydrogen (secondary N) is 1. The molecule has 0 saturated carbocycles. The summed E-state index contributed by atoms with van der Waals surface area (Å²) >= 11 is 0. The van der Waals surface area contributed by atoms with Crippen LogP contribution in [0.25, 0.3) is 0 Å². The number of aromatic nitrogens is 2. The molecule has 2 aromatic heterocycles. The molecule has 16 heavy (non-hydrogen) atoms. The van der Waals surface area contributed by atoms with E-state index in [4.69, 9.17) is 0 Å². The number of nitrogens with zero attached hydrogens (tertiary/aromatic N) is 2. The van der Waals surface area contributed by atoms with Gasteiger partial charge in [0.2, 0.25) is 0 Å². The summed E-state index contributed by atoms with van der Waals surface area (Å²) < 4.78 is 13.2. The zero-order valence-corrected chi connectivity index (χ0v) is 8.94. The molecule has 82 valence electrons. The van der Waals surface area contributed by atoms with E-state index in [1.807, 2.05) is 13.0 Å². The smallest absolute Gasteiger partial charge is 0.165 e. The van der Waals surface area contributed by atoms with Gasteiger partial charge in [-0.25, -0.2) is 9.37 Å². The number of halogens is 1. The number of anilines is 1. The summed E-state index contributed by atoms with van der Waals surface area (Å²) in [5.74, 6) is -0.0767. The summed E-state index contributed by atoms with van der Waals surface area (Å²) in [6, 6.07) is 4.94. The molecule has 0 spiro atoms. The van der Waals surface area contributed by atoms with Crippen molar-refractivity contribution in [2.75, 3.05) is 5.32 Å². The topological polar surface area (TPSA) is 37.8 Å². The van der Waals surface area contributed by atoms with Gasteiger partial charge in [-0.3, -0.25) is 4.98 Å². The molecule has 0 bridgehead atoms. The maximum Gasteiger partial charge on any atom is 0.165 e. The second-order valence-corrected chi connectivity index (χ2v) is 3.56. The molecule has 0 amide bonds. The number of rotatable bonds is 3. The third-order valence-electron chi connectivity index (χ3n) is 2.15. The van der Waals surface area contributed by atoms with E-state index < -0.39 is 0 Å². The first-order chi connectivity index (χ1) is 7.75. The van der Waals surface area contributed by atoms with Gasteiger partial charge < -0.3 is 5.32 Å². The molecule has 4 heteroatoms. The minimum Gasteiger partial charge on any atom is -0.364 e. The average Bonchev–Trinajstić information content (AvgIpc) is 2.28. The van der Waals surface area contributed by atoms with Crippen molar-refractivity contribution in [3.8, 4) is 0 Å². The van der Waals surface area contributed by atoms with Crippen molar-refractivity contribution in [3.05, 3.63) is 53.7 Å². The Kier molecular flexibility index (Phi) is 3.10. The quantitative estimate of drug-likeness (QED) is 0.858. The summed E-state index contributed by atoms with van der Waals surface area (Å²) in [6.07, 6.45) is 5.09. The summed E-state index contributed by atoms with van der Waals surface area (Å²) in [5.41, 5.74) is 2.09. The minimum absolute atomic E-state index is 0.268. The van der Waals surface area contributed by atoms with E-state index in [0.29, 0.717) is 6.54 Å². The molecule has 0 aromatic carbocycles. The Morgan fingerprint density at radius 1 is 1.38 bits per heavy atom. The van der Waals surface area contributed by atoms with Crippen LogP contribution < -0.4 is 5.32 Å². The molecule has 0 fully saturated rings. The van der Waals surface area contributed by atoms with Crippen molar-refractivity contribution in [2.24, 2.45) is 0 Å². The number of hydrogen-bond donors (Lipinski definition) is 1. The van der Waals surface area contributed by atoms with E-state index in [0.717, 1.165) is 11.1 Å². The van der Waals surface area contributed by atoms with Crippen molar-refractivity contribution in [1.29, 1.82) is 0 Å². The van der Waals surface area contributed by atoms with Crippen molar-refractivity contribution in [2.45, 2.75) is 13.5 Å². The number of hydrogen-bond acceptors (Lipinski definition) is 3. The van der Waals surface area contributed by atoms with Crippen LogP contribution in [-0.4, -0.2) is 9.97 Å². The zero-order valence-electron chi connectivity index (χ0n) is 8.94. The van der Waals surface area contributed by atoms with Crippen LogP contribution in [0.1, 0.15) is 11.1 Å². The lowest BCUT2D eigenvalue weighted by Crippen LogP contribution is -2.03. The Bertz CT molecular complexity index is 485. The number of aryl methyl sites for hydroxylation is 1. The zero-order chi connectivity index (χ0) is 11.4. The van der Waals surface area contributed by atoms with Gasteiger partial charge in [0, 0.05) is 25.1 Å². The lowest BCUT2D eigenvalue weighted by molar-refractivity contribution is 0.624. The van der Waals surface area contributed by atoms with Crippen LogP contribution in [0.5, 0.6) is 0 Å². The SMILES string of the molecule is Cc1cncc(CNc2ncccc2F)c1. The maximum atomic E-state index is 13.2. The molecular formula is C12H12FN3. The third-order valence-corrected chi connectivity index (χ3v) is 2.15. The van der Waals surface area contributed by atoms with E-state index in [1.54, 1.807) is 24.7 Å². The van der Waals surface area contributed by atoms with E-state index in [2.05, 4.69) is 15.3 Å². The van der Waals surface area contributed by atoms with Crippen LogP contribution in [0.4, 0.5) is 10.2 Å². The first-order valence-corrected chi connectivity index (χ1v) is 5.00. The molecular weight excluding hydrogens is 205 g/mol. The van der Waals surface area contributed by atoms with E-state index in [-0.39, 0.29) is 11.6 Å². The van der Waals surface area contributed by atoms with Crippen molar-refractivity contribution >= 4 is 5.82 Å². The van der Waals surface area contributed by atoms with Gasteiger partial charge in [0.25, 0.3) is 0 Å². The molecule has 0 atom stereocenters. The molecule has 0 aliphatic rings.